The van der Waals surface area contributed by atoms with E-state index in [9.17, 15) is 0 Å². The molecule has 5 heteroatoms. The van der Waals surface area contributed by atoms with Gasteiger partial charge in [0.15, 0.2) is 5.82 Å². The van der Waals surface area contributed by atoms with E-state index in [-0.39, 0.29) is 0 Å². The summed E-state index contributed by atoms with van der Waals surface area (Å²) in [5.74, 6) is 0.566. The lowest BCUT2D eigenvalue weighted by molar-refractivity contribution is 0.955. The van der Waals surface area contributed by atoms with Gasteiger partial charge in [-0.15, -0.1) is 5.10 Å². The molecular formula is C9H12N4S. The molecule has 4 nitrogen and oxygen atoms in total. The van der Waals surface area contributed by atoms with Crippen LogP contribution in [0.3, 0.4) is 0 Å². The minimum absolute atomic E-state index is 0.489. The zero-order chi connectivity index (χ0) is 10.4. The molecule has 0 radical (unpaired) electrons. The van der Waals surface area contributed by atoms with Gasteiger partial charge in [0, 0.05) is 11.8 Å². The first-order valence-corrected chi connectivity index (χ1v) is 5.55. The highest BCUT2D eigenvalue weighted by atomic mass is 32.2. The Kier molecular flexibility index (Phi) is 4.20. The maximum absolute atomic E-state index is 8.78. The van der Waals surface area contributed by atoms with Crippen molar-refractivity contribution in [1.82, 2.24) is 10.2 Å². The highest BCUT2D eigenvalue weighted by molar-refractivity contribution is 7.99. The summed E-state index contributed by atoms with van der Waals surface area (Å²) in [5, 5.41) is 20.0. The second kappa shape index (κ2) is 5.45. The zero-order valence-electron chi connectivity index (χ0n) is 8.19. The van der Waals surface area contributed by atoms with Crippen molar-refractivity contribution < 1.29 is 0 Å². The van der Waals surface area contributed by atoms with Crippen molar-refractivity contribution in [2.75, 3.05) is 18.1 Å². The van der Waals surface area contributed by atoms with Crippen molar-refractivity contribution in [3.63, 3.8) is 0 Å². The van der Waals surface area contributed by atoms with Crippen LogP contribution in [0.1, 0.15) is 12.5 Å². The summed E-state index contributed by atoms with van der Waals surface area (Å²) in [6.45, 7) is 2.90. The van der Waals surface area contributed by atoms with Gasteiger partial charge in [0.05, 0.1) is 11.8 Å². The number of thioether (sulfide) groups is 1. The Hall–Kier alpha value is -1.28. The Morgan fingerprint density at radius 3 is 3.14 bits per heavy atom. The standard InChI is InChI=1S/C9H12N4S/c1-7(14-2)6-11-9-8(5-10)3-4-12-13-9/h3-4,7H,6H2,1-2H3,(H,11,13). The first-order chi connectivity index (χ1) is 6.77. The molecular weight excluding hydrogens is 196 g/mol. The van der Waals surface area contributed by atoms with Crippen LogP contribution in [0, 0.1) is 11.3 Å². The summed E-state index contributed by atoms with van der Waals surface area (Å²) < 4.78 is 0. The number of nitrogens with zero attached hydrogens (tertiary/aromatic N) is 3. The van der Waals surface area contributed by atoms with E-state index in [4.69, 9.17) is 5.26 Å². The molecule has 0 aliphatic heterocycles. The van der Waals surface area contributed by atoms with Crippen LogP contribution in [0.25, 0.3) is 0 Å². The Morgan fingerprint density at radius 2 is 2.50 bits per heavy atom. The first kappa shape index (κ1) is 10.8. The lowest BCUT2D eigenvalue weighted by Crippen LogP contribution is -2.14. The third-order valence-corrected chi connectivity index (χ3v) is 2.77. The monoisotopic (exact) mass is 208 g/mol. The number of hydrogen-bond acceptors (Lipinski definition) is 5. The number of rotatable bonds is 4. The number of hydrogen-bond donors (Lipinski definition) is 1. The molecule has 1 unspecified atom stereocenters. The van der Waals surface area contributed by atoms with Crippen molar-refractivity contribution in [2.45, 2.75) is 12.2 Å². The van der Waals surface area contributed by atoms with Gasteiger partial charge in [0.2, 0.25) is 0 Å². The molecule has 74 valence electrons. The average Bonchev–Trinajstić information content (AvgIpc) is 2.26. The van der Waals surface area contributed by atoms with Gasteiger partial charge in [-0.25, -0.2) is 0 Å². The number of aromatic nitrogens is 2. The van der Waals surface area contributed by atoms with E-state index >= 15 is 0 Å². The molecule has 1 aromatic rings. The smallest absolute Gasteiger partial charge is 0.166 e. The van der Waals surface area contributed by atoms with Crippen LogP contribution in [0.4, 0.5) is 5.82 Å². The molecule has 1 heterocycles. The molecule has 1 rings (SSSR count). The number of anilines is 1. The summed E-state index contributed by atoms with van der Waals surface area (Å²) in [6, 6.07) is 3.72. The van der Waals surface area contributed by atoms with Crippen LogP contribution in [0.2, 0.25) is 0 Å². The maximum atomic E-state index is 8.78. The molecule has 0 saturated carbocycles. The van der Waals surface area contributed by atoms with Crippen LogP contribution >= 0.6 is 11.8 Å². The van der Waals surface area contributed by atoms with Crippen LogP contribution in [-0.2, 0) is 0 Å². The van der Waals surface area contributed by atoms with Gasteiger partial charge in [-0.3, -0.25) is 0 Å². The minimum atomic E-state index is 0.489. The van der Waals surface area contributed by atoms with E-state index in [2.05, 4.69) is 28.5 Å². The Labute approximate surface area is 87.7 Å². The highest BCUT2D eigenvalue weighted by Crippen LogP contribution is 2.10. The Balaban J connectivity index is 2.63. The summed E-state index contributed by atoms with van der Waals surface area (Å²) >= 11 is 1.76. The molecule has 0 aliphatic rings. The van der Waals surface area contributed by atoms with E-state index in [1.165, 1.54) is 6.20 Å². The van der Waals surface area contributed by atoms with Crippen molar-refractivity contribution in [1.29, 1.82) is 5.26 Å². The number of nitrogens with one attached hydrogen (secondary N) is 1. The third-order valence-electron chi connectivity index (χ3n) is 1.80. The van der Waals surface area contributed by atoms with E-state index in [1.54, 1.807) is 17.8 Å². The fourth-order valence-electron chi connectivity index (χ4n) is 0.876. The van der Waals surface area contributed by atoms with Crippen molar-refractivity contribution in [3.8, 4) is 6.07 Å². The molecule has 0 bridgehead atoms. The van der Waals surface area contributed by atoms with E-state index in [1.807, 2.05) is 6.26 Å². The van der Waals surface area contributed by atoms with Crippen molar-refractivity contribution >= 4 is 17.6 Å². The van der Waals surface area contributed by atoms with E-state index in [0.29, 0.717) is 16.6 Å². The minimum Gasteiger partial charge on any atom is -0.366 e. The number of nitriles is 1. The lowest BCUT2D eigenvalue weighted by Gasteiger charge is -2.10. The first-order valence-electron chi connectivity index (χ1n) is 4.26. The molecule has 0 aliphatic carbocycles. The second-order valence-electron chi connectivity index (χ2n) is 2.83. The van der Waals surface area contributed by atoms with E-state index < -0.39 is 0 Å². The van der Waals surface area contributed by atoms with Gasteiger partial charge < -0.3 is 5.32 Å². The van der Waals surface area contributed by atoms with Gasteiger partial charge in [0.1, 0.15) is 6.07 Å². The Morgan fingerprint density at radius 1 is 1.71 bits per heavy atom. The third kappa shape index (κ3) is 2.89. The van der Waals surface area contributed by atoms with E-state index in [0.717, 1.165) is 6.54 Å². The van der Waals surface area contributed by atoms with Gasteiger partial charge in [0.25, 0.3) is 0 Å². The quantitative estimate of drug-likeness (QED) is 0.812. The average molecular weight is 208 g/mol. The predicted molar refractivity (Wildman–Crippen MR) is 58.2 cm³/mol. The molecule has 0 saturated heterocycles. The topological polar surface area (TPSA) is 61.6 Å². The largest absolute Gasteiger partial charge is 0.366 e. The lowest BCUT2D eigenvalue weighted by atomic mass is 10.3. The molecule has 14 heavy (non-hydrogen) atoms. The predicted octanol–water partition coefficient (Wildman–Crippen LogP) is 1.51. The summed E-state index contributed by atoms with van der Waals surface area (Å²) in [6.07, 6.45) is 3.57. The molecule has 1 aromatic heterocycles. The molecule has 0 amide bonds. The fourth-order valence-corrected chi connectivity index (χ4v) is 1.13. The summed E-state index contributed by atoms with van der Waals surface area (Å²) in [5.41, 5.74) is 0.535. The molecule has 0 fully saturated rings. The molecule has 0 aromatic carbocycles. The van der Waals surface area contributed by atoms with Crippen molar-refractivity contribution in [3.05, 3.63) is 17.8 Å². The molecule has 0 spiro atoms. The van der Waals surface area contributed by atoms with Gasteiger partial charge in [-0.05, 0) is 12.3 Å². The van der Waals surface area contributed by atoms with Gasteiger partial charge in [-0.1, -0.05) is 6.92 Å². The summed E-state index contributed by atoms with van der Waals surface area (Å²) in [4.78, 5) is 0. The second-order valence-corrected chi connectivity index (χ2v) is 4.11. The van der Waals surface area contributed by atoms with Crippen LogP contribution in [0.15, 0.2) is 12.3 Å². The van der Waals surface area contributed by atoms with Gasteiger partial charge in [-0.2, -0.15) is 22.1 Å². The van der Waals surface area contributed by atoms with Crippen LogP contribution < -0.4 is 5.32 Å². The van der Waals surface area contributed by atoms with Crippen LogP contribution in [0.5, 0.6) is 0 Å². The van der Waals surface area contributed by atoms with Crippen molar-refractivity contribution in [2.24, 2.45) is 0 Å². The summed E-state index contributed by atoms with van der Waals surface area (Å²) in [7, 11) is 0. The fraction of sp³-hybridized carbons (Fsp3) is 0.444. The van der Waals surface area contributed by atoms with Crippen LogP contribution in [-0.4, -0.2) is 28.2 Å². The molecule has 1 N–H and O–H groups in total. The molecule has 1 atom stereocenters. The normalized spacial score (nSPS) is 11.8. The Bertz CT molecular complexity index is 334. The maximum Gasteiger partial charge on any atom is 0.166 e. The highest BCUT2D eigenvalue weighted by Gasteiger charge is 2.04. The zero-order valence-corrected chi connectivity index (χ0v) is 9.01. The SMILES string of the molecule is CSC(C)CNc1nnccc1C#N. The van der Waals surface area contributed by atoms with Gasteiger partial charge >= 0.3 is 0 Å².